The van der Waals surface area contributed by atoms with Crippen LogP contribution in [0.3, 0.4) is 0 Å². The van der Waals surface area contributed by atoms with Crippen molar-refractivity contribution in [1.82, 2.24) is 4.90 Å². The Morgan fingerprint density at radius 1 is 1.32 bits per heavy atom. The van der Waals surface area contributed by atoms with Crippen LogP contribution in [0.15, 0.2) is 28.7 Å². The number of benzene rings is 1. The van der Waals surface area contributed by atoms with Crippen LogP contribution in [0.4, 0.5) is 0 Å². The van der Waals surface area contributed by atoms with Crippen molar-refractivity contribution in [3.63, 3.8) is 0 Å². The van der Waals surface area contributed by atoms with Crippen LogP contribution in [0.2, 0.25) is 0 Å². The topological polar surface area (TPSA) is 20.3 Å². The first-order chi connectivity index (χ1) is 9.19. The fourth-order valence-corrected chi connectivity index (χ4v) is 3.48. The molecule has 0 radical (unpaired) electrons. The fraction of sp³-hybridized carbons (Fsp3) is 0.533. The van der Waals surface area contributed by atoms with Gasteiger partial charge in [-0.1, -0.05) is 44.0 Å². The van der Waals surface area contributed by atoms with Crippen LogP contribution in [0.25, 0.3) is 0 Å². The normalized spacial score (nSPS) is 19.5. The molecule has 0 bridgehead atoms. The minimum Gasteiger partial charge on any atom is -0.342 e. The highest BCUT2D eigenvalue weighted by atomic mass is 79.9. The first-order valence-corrected chi connectivity index (χ1v) is 8.68. The molecule has 1 amide bonds. The number of nitrogens with zero attached hydrogens (tertiary/aromatic N) is 1. The Bertz CT molecular complexity index is 417. The number of amides is 1. The van der Waals surface area contributed by atoms with Gasteiger partial charge in [-0.2, -0.15) is 0 Å². The van der Waals surface area contributed by atoms with Crippen molar-refractivity contribution < 1.29 is 4.79 Å². The molecule has 0 N–H and O–H groups in total. The highest BCUT2D eigenvalue weighted by Crippen LogP contribution is 2.21. The third-order valence-corrected chi connectivity index (χ3v) is 4.64. The van der Waals surface area contributed by atoms with Crippen molar-refractivity contribution in [3.8, 4) is 0 Å². The number of likely N-dealkylation sites (tertiary alicyclic amines) is 1. The predicted molar refractivity (Wildman–Crippen MR) is 85.6 cm³/mol. The Morgan fingerprint density at radius 2 is 2.05 bits per heavy atom. The third kappa shape index (κ3) is 4.60. The standard InChI is InChI=1S/C15H19Br2NO/c16-8-7-13-2-1-9-18(11-13)15(19)10-12-3-5-14(17)6-4-12/h3-6,13H,1-2,7-11H2. The Balaban J connectivity index is 1.90. The number of halogens is 2. The van der Waals surface area contributed by atoms with Gasteiger partial charge in [-0.05, 0) is 42.9 Å². The van der Waals surface area contributed by atoms with Crippen LogP contribution in [0.1, 0.15) is 24.8 Å². The van der Waals surface area contributed by atoms with Gasteiger partial charge >= 0.3 is 0 Å². The van der Waals surface area contributed by atoms with Crippen LogP contribution >= 0.6 is 31.9 Å². The first kappa shape index (κ1) is 15.0. The second-order valence-corrected chi connectivity index (χ2v) is 6.84. The molecule has 1 saturated heterocycles. The summed E-state index contributed by atoms with van der Waals surface area (Å²) in [7, 11) is 0. The number of alkyl halides is 1. The van der Waals surface area contributed by atoms with Crippen molar-refractivity contribution in [1.29, 1.82) is 0 Å². The lowest BCUT2D eigenvalue weighted by Crippen LogP contribution is -2.40. The zero-order valence-corrected chi connectivity index (χ0v) is 14.1. The fourth-order valence-electron chi connectivity index (χ4n) is 2.57. The van der Waals surface area contributed by atoms with Gasteiger partial charge in [0.2, 0.25) is 5.91 Å². The molecule has 2 rings (SSSR count). The van der Waals surface area contributed by atoms with Gasteiger partial charge in [-0.3, -0.25) is 4.79 Å². The van der Waals surface area contributed by atoms with Gasteiger partial charge < -0.3 is 4.90 Å². The van der Waals surface area contributed by atoms with E-state index in [1.807, 2.05) is 29.2 Å². The van der Waals surface area contributed by atoms with Crippen molar-refractivity contribution in [2.45, 2.75) is 25.7 Å². The van der Waals surface area contributed by atoms with Gasteiger partial charge in [0.1, 0.15) is 0 Å². The Labute approximate surface area is 131 Å². The van der Waals surface area contributed by atoms with Gasteiger partial charge in [0, 0.05) is 22.9 Å². The second kappa shape index (κ2) is 7.44. The molecule has 0 spiro atoms. The van der Waals surface area contributed by atoms with E-state index in [0.29, 0.717) is 12.3 Å². The van der Waals surface area contributed by atoms with Crippen LogP contribution in [0, 0.1) is 5.92 Å². The number of hydrogen-bond donors (Lipinski definition) is 0. The second-order valence-electron chi connectivity index (χ2n) is 5.13. The van der Waals surface area contributed by atoms with Gasteiger partial charge in [-0.15, -0.1) is 0 Å². The number of carbonyl (C=O) groups excluding carboxylic acids is 1. The highest BCUT2D eigenvalue weighted by molar-refractivity contribution is 9.10. The van der Waals surface area contributed by atoms with E-state index in [4.69, 9.17) is 0 Å². The largest absolute Gasteiger partial charge is 0.342 e. The molecule has 1 aliphatic heterocycles. The molecular weight excluding hydrogens is 370 g/mol. The van der Waals surface area contributed by atoms with E-state index in [1.165, 1.54) is 12.8 Å². The summed E-state index contributed by atoms with van der Waals surface area (Å²) in [6, 6.07) is 8.02. The molecule has 1 aromatic carbocycles. The summed E-state index contributed by atoms with van der Waals surface area (Å²) < 4.78 is 1.05. The molecule has 1 aliphatic rings. The number of carbonyl (C=O) groups is 1. The molecule has 0 saturated carbocycles. The molecule has 1 atom stereocenters. The van der Waals surface area contributed by atoms with Gasteiger partial charge in [0.15, 0.2) is 0 Å². The van der Waals surface area contributed by atoms with Crippen LogP contribution in [0.5, 0.6) is 0 Å². The molecule has 104 valence electrons. The predicted octanol–water partition coefficient (Wildman–Crippen LogP) is 4.02. The molecule has 4 heteroatoms. The van der Waals surface area contributed by atoms with E-state index in [-0.39, 0.29) is 5.91 Å². The van der Waals surface area contributed by atoms with Crippen molar-refractivity contribution in [2.75, 3.05) is 18.4 Å². The molecule has 1 fully saturated rings. The molecule has 1 aromatic rings. The minimum absolute atomic E-state index is 0.265. The summed E-state index contributed by atoms with van der Waals surface area (Å²) in [5.74, 6) is 0.934. The number of hydrogen-bond acceptors (Lipinski definition) is 1. The molecule has 19 heavy (non-hydrogen) atoms. The van der Waals surface area contributed by atoms with Crippen molar-refractivity contribution in [2.24, 2.45) is 5.92 Å². The SMILES string of the molecule is O=C(Cc1ccc(Br)cc1)N1CCCC(CCBr)C1. The van der Waals surface area contributed by atoms with E-state index in [9.17, 15) is 4.79 Å². The summed E-state index contributed by atoms with van der Waals surface area (Å²) in [4.78, 5) is 14.3. The smallest absolute Gasteiger partial charge is 0.226 e. The quantitative estimate of drug-likeness (QED) is 0.713. The van der Waals surface area contributed by atoms with Crippen molar-refractivity contribution in [3.05, 3.63) is 34.3 Å². The molecule has 1 heterocycles. The van der Waals surface area contributed by atoms with E-state index in [0.717, 1.165) is 34.9 Å². The average molecular weight is 389 g/mol. The lowest BCUT2D eigenvalue weighted by molar-refractivity contribution is -0.132. The van der Waals surface area contributed by atoms with Gasteiger partial charge in [-0.25, -0.2) is 0 Å². The Kier molecular flexibility index (Phi) is 5.89. The van der Waals surface area contributed by atoms with Gasteiger partial charge in [0.05, 0.1) is 6.42 Å². The Hall–Kier alpha value is -0.350. The monoisotopic (exact) mass is 387 g/mol. The average Bonchev–Trinajstić information content (AvgIpc) is 2.42. The third-order valence-electron chi connectivity index (χ3n) is 3.66. The highest BCUT2D eigenvalue weighted by Gasteiger charge is 2.23. The summed E-state index contributed by atoms with van der Waals surface area (Å²) in [6.07, 6.45) is 4.09. The van der Waals surface area contributed by atoms with Gasteiger partial charge in [0.25, 0.3) is 0 Å². The Morgan fingerprint density at radius 3 is 2.74 bits per heavy atom. The number of rotatable bonds is 4. The van der Waals surface area contributed by atoms with E-state index in [1.54, 1.807) is 0 Å². The molecule has 1 unspecified atom stereocenters. The minimum atomic E-state index is 0.265. The molecule has 2 nitrogen and oxygen atoms in total. The van der Waals surface area contributed by atoms with Crippen LogP contribution in [-0.2, 0) is 11.2 Å². The first-order valence-electron chi connectivity index (χ1n) is 6.77. The molecular formula is C15H19Br2NO. The molecule has 0 aromatic heterocycles. The van der Waals surface area contributed by atoms with E-state index in [2.05, 4.69) is 31.9 Å². The van der Waals surface area contributed by atoms with E-state index >= 15 is 0 Å². The number of piperidine rings is 1. The lowest BCUT2D eigenvalue weighted by Gasteiger charge is -2.32. The summed E-state index contributed by atoms with van der Waals surface area (Å²) >= 11 is 6.91. The maximum atomic E-state index is 12.3. The zero-order chi connectivity index (χ0) is 13.7. The summed E-state index contributed by atoms with van der Waals surface area (Å²) in [6.45, 7) is 1.86. The maximum absolute atomic E-state index is 12.3. The van der Waals surface area contributed by atoms with Crippen LogP contribution in [-0.4, -0.2) is 29.2 Å². The summed E-state index contributed by atoms with van der Waals surface area (Å²) in [5, 5.41) is 1.03. The van der Waals surface area contributed by atoms with E-state index < -0.39 is 0 Å². The maximum Gasteiger partial charge on any atom is 0.226 e. The zero-order valence-electron chi connectivity index (χ0n) is 10.9. The molecule has 0 aliphatic carbocycles. The van der Waals surface area contributed by atoms with Crippen molar-refractivity contribution >= 4 is 37.8 Å². The summed E-state index contributed by atoms with van der Waals surface area (Å²) in [5.41, 5.74) is 1.09. The van der Waals surface area contributed by atoms with Crippen LogP contribution < -0.4 is 0 Å². The lowest BCUT2D eigenvalue weighted by atomic mass is 9.95.